The monoisotopic (exact) mass is 1320 g/mol. The SMILES string of the molecule is CCO.O=[N+]([O-])[O-].O=[N+]([O-])[O-].[O-]c1c2cc(Cl)cc1CN(CCc1ccc(O)cc1)Cc1cc(Cl)cc(c1[O-])C=NCCCN=Cc1cc(Cl)cc(c1O)CN(CCc1ccc(O)cc1)Cc1cc(Cl)cc(c1O)C=NCCCN=C2.[Zn+2].[Zn+2]. The van der Waals surface area contributed by atoms with Gasteiger partial charge in [-0.3, -0.25) is 29.8 Å². The van der Waals surface area contributed by atoms with Crippen LogP contribution in [0, 0.1) is 30.6 Å². The van der Waals surface area contributed by atoms with Crippen LogP contribution in [0.4, 0.5) is 0 Å². The Kier molecular flexibility index (Phi) is 33.6. The topological polar surface area (TPSA) is 336 Å². The summed E-state index contributed by atoms with van der Waals surface area (Å²) in [7, 11) is 0. The zero-order valence-corrected chi connectivity index (χ0v) is 54.1. The summed E-state index contributed by atoms with van der Waals surface area (Å²) in [5.74, 6) is -0.126. The van der Waals surface area contributed by atoms with Crippen LogP contribution in [0.1, 0.15) is 75.4 Å². The third kappa shape index (κ3) is 26.7. The van der Waals surface area contributed by atoms with E-state index in [4.69, 9.17) is 82.2 Å². The zero-order valence-electron chi connectivity index (χ0n) is 45.2. The molecule has 0 aliphatic carbocycles. The predicted molar refractivity (Wildman–Crippen MR) is 312 cm³/mol. The molecular weight excluding hydrogens is 1270 g/mol. The van der Waals surface area contributed by atoms with Gasteiger partial charge < -0.3 is 66.4 Å². The van der Waals surface area contributed by atoms with Gasteiger partial charge in [0.2, 0.25) is 0 Å². The van der Waals surface area contributed by atoms with E-state index in [1.807, 2.05) is 29.2 Å². The van der Waals surface area contributed by atoms with Gasteiger partial charge in [0.1, 0.15) is 23.0 Å². The van der Waals surface area contributed by atoms with Crippen molar-refractivity contribution in [3.8, 4) is 34.5 Å². The molecule has 0 atom stereocenters. The minimum Gasteiger partial charge on any atom is -0.872 e. The fourth-order valence-electron chi connectivity index (χ4n) is 8.02. The van der Waals surface area contributed by atoms with Crippen LogP contribution in [0.3, 0.4) is 0 Å². The van der Waals surface area contributed by atoms with Crippen molar-refractivity contribution in [3.63, 3.8) is 0 Å². The van der Waals surface area contributed by atoms with E-state index in [0.717, 1.165) is 11.1 Å². The second-order valence-electron chi connectivity index (χ2n) is 17.8. The molecule has 1 heterocycles. The second-order valence-corrected chi connectivity index (χ2v) is 19.6. The number of phenols is 4. The Hall–Kier alpha value is -6.51. The molecule has 0 aromatic heterocycles. The van der Waals surface area contributed by atoms with Crippen molar-refractivity contribution in [3.05, 3.63) is 203 Å². The molecule has 0 unspecified atom stereocenters. The standard InChI is InChI=1S/C54H54Cl4N6O6.C2H6O.2NO3.2Zn/c55-45-19-37-27-59-13-1-14-60-28-38-20-46(56)24-42(52(38)68)32-64(18-12-36-5-9-50(66)10-6-36)34-44-26-48(58)22-40(54(44)70)30-62-16-2-15-61-29-39-21-47(57)25-43(53(39)69)33-63(31-41(23-45)51(37)67)17-11-35-3-7-49(65)8-4-35;1-2-3;2*2-1(3)4;;/h3-10,19-30,65-70H,1-2,11-18,31-34H2;3H,2H2,1H3;;;;/q;;2*-1;2*+2/p-2. The van der Waals surface area contributed by atoms with Gasteiger partial charge in [-0.2, -0.15) is 0 Å². The normalized spacial score (nSPS) is 13.3. The summed E-state index contributed by atoms with van der Waals surface area (Å²) in [5.41, 5.74) is 5.44. The molecule has 0 radical (unpaired) electrons. The van der Waals surface area contributed by atoms with Gasteiger partial charge in [-0.05, 0) is 139 Å². The number of nitrogens with zero attached hydrogens (tertiary/aromatic N) is 8. The summed E-state index contributed by atoms with van der Waals surface area (Å²) < 4.78 is 0. The number of rotatable bonds is 6. The summed E-state index contributed by atoms with van der Waals surface area (Å²) >= 11 is 26.4. The number of phenolic OH excluding ortho intramolecular Hbond substituents is 4. The number of aliphatic hydroxyl groups excluding tert-OH is 1. The van der Waals surface area contributed by atoms with Crippen molar-refractivity contribution in [2.24, 2.45) is 20.0 Å². The number of aromatic hydroxyl groups is 4. The first-order chi connectivity index (χ1) is 38.6. The quantitative estimate of drug-likeness (QED) is 0.0589. The first-order valence-corrected chi connectivity index (χ1v) is 26.4. The molecule has 0 amide bonds. The van der Waals surface area contributed by atoms with Gasteiger partial charge in [-0.25, -0.2) is 0 Å². The first kappa shape index (κ1) is 72.6. The summed E-state index contributed by atoms with van der Waals surface area (Å²) in [4.78, 5) is 38.7. The van der Waals surface area contributed by atoms with E-state index < -0.39 is 10.2 Å². The van der Waals surface area contributed by atoms with Crippen molar-refractivity contribution in [1.82, 2.24) is 9.80 Å². The van der Waals surface area contributed by atoms with Gasteiger partial charge >= 0.3 is 39.0 Å². The molecule has 0 saturated carbocycles. The molecule has 21 nitrogen and oxygen atoms in total. The van der Waals surface area contributed by atoms with Crippen LogP contribution < -0.4 is 10.2 Å². The van der Waals surface area contributed by atoms with E-state index in [1.165, 1.54) is 12.4 Å². The fourth-order valence-corrected chi connectivity index (χ4v) is 9.01. The molecule has 1 aliphatic rings. The van der Waals surface area contributed by atoms with Crippen molar-refractivity contribution < 1.29 is 84.9 Å². The van der Waals surface area contributed by atoms with E-state index in [0.29, 0.717) is 130 Å². The second kappa shape index (κ2) is 38.4. The number of fused-ring (bicyclic) bond motifs is 8. The van der Waals surface area contributed by atoms with Gasteiger partial charge in [0.25, 0.3) is 0 Å². The number of halogens is 4. The Morgan fingerprint density at radius 1 is 0.470 bits per heavy atom. The minimum absolute atomic E-state index is 0. The smallest absolute Gasteiger partial charge is 0.872 e. The molecule has 5 N–H and O–H groups in total. The van der Waals surface area contributed by atoms with Crippen LogP contribution in [-0.4, -0.2) is 116 Å². The number of benzene rings is 6. The average Bonchev–Trinajstić information content (AvgIpc) is 3.40. The van der Waals surface area contributed by atoms with Crippen LogP contribution >= 0.6 is 46.4 Å². The van der Waals surface area contributed by atoms with Gasteiger partial charge in [0.05, 0.1) is 10.2 Å². The summed E-state index contributed by atoms with van der Waals surface area (Å²) in [6, 6.07) is 27.0. The Labute approximate surface area is 524 Å². The molecule has 6 aromatic rings. The number of hydrogen-bond donors (Lipinski definition) is 5. The third-order valence-electron chi connectivity index (χ3n) is 11.6. The molecule has 6 aromatic carbocycles. The molecule has 83 heavy (non-hydrogen) atoms. The minimum atomic E-state index is -1.75. The average molecular weight is 1320 g/mol. The predicted octanol–water partition coefficient (Wildman–Crippen LogP) is 9.44. The fraction of sp³-hybridized carbons (Fsp3) is 0.286. The Morgan fingerprint density at radius 3 is 1.02 bits per heavy atom. The summed E-state index contributed by atoms with van der Waals surface area (Å²) in [5, 5.41) is 109. The van der Waals surface area contributed by atoms with E-state index in [2.05, 4.69) is 24.9 Å². The van der Waals surface area contributed by atoms with Crippen LogP contribution in [0.15, 0.2) is 117 Å². The van der Waals surface area contributed by atoms with Gasteiger partial charge in [-0.15, -0.1) is 0 Å². The van der Waals surface area contributed by atoms with Gasteiger partial charge in [0, 0.05) is 139 Å². The molecular formula is C56H58Cl4N8O13Zn2. The van der Waals surface area contributed by atoms with Gasteiger partial charge in [-0.1, -0.05) is 82.2 Å². The molecule has 0 fully saturated rings. The van der Waals surface area contributed by atoms with Crippen LogP contribution in [0.2, 0.25) is 20.1 Å². The zero-order chi connectivity index (χ0) is 59.4. The van der Waals surface area contributed by atoms with Crippen LogP contribution in [0.25, 0.3) is 0 Å². The molecule has 27 heteroatoms. The van der Waals surface area contributed by atoms with E-state index in [-0.39, 0.29) is 106 Å². The van der Waals surface area contributed by atoms with E-state index >= 15 is 0 Å². The maximum Gasteiger partial charge on any atom is 2.00 e. The molecule has 0 spiro atoms. The maximum absolute atomic E-state index is 13.9. The van der Waals surface area contributed by atoms with Crippen molar-refractivity contribution in [1.29, 1.82) is 0 Å². The molecule has 8 bridgehead atoms. The largest absolute Gasteiger partial charge is 2.00 e. The maximum atomic E-state index is 13.9. The van der Waals surface area contributed by atoms with E-state index in [1.54, 1.807) is 92.1 Å². The summed E-state index contributed by atoms with van der Waals surface area (Å²) in [6.45, 7) is 5.21. The van der Waals surface area contributed by atoms with Crippen molar-refractivity contribution >= 4 is 71.3 Å². The molecule has 432 valence electrons. The summed E-state index contributed by atoms with van der Waals surface area (Å²) in [6.07, 6.45) is 8.42. The number of hydrogen-bond acceptors (Lipinski definition) is 19. The van der Waals surface area contributed by atoms with Crippen LogP contribution in [0.5, 0.6) is 34.5 Å². The van der Waals surface area contributed by atoms with Crippen molar-refractivity contribution in [2.45, 2.75) is 58.8 Å². The molecule has 1 aliphatic heterocycles. The Morgan fingerprint density at radius 2 is 0.723 bits per heavy atom. The van der Waals surface area contributed by atoms with Crippen LogP contribution in [-0.2, 0) is 78.0 Å². The van der Waals surface area contributed by atoms with Gasteiger partial charge in [0.15, 0.2) is 0 Å². The Balaban J connectivity index is 0.00000167. The molecule has 7 rings (SSSR count). The number of aliphatic imine (C=N–C) groups is 4. The van der Waals surface area contributed by atoms with E-state index in [9.17, 15) is 30.6 Å². The Bertz CT molecular complexity index is 2790. The third-order valence-corrected chi connectivity index (χ3v) is 12.5. The first-order valence-electron chi connectivity index (χ1n) is 24.9. The van der Waals surface area contributed by atoms with Crippen molar-refractivity contribution in [2.75, 3.05) is 45.9 Å². The number of aliphatic hydroxyl groups is 1. The molecule has 0 saturated heterocycles.